The molecule has 0 spiro atoms. The van der Waals surface area contributed by atoms with Gasteiger partial charge in [0.1, 0.15) is 0 Å². The molecule has 1 unspecified atom stereocenters. The van der Waals surface area contributed by atoms with E-state index in [9.17, 15) is 0 Å². The molecule has 1 N–H and O–H groups in total. The zero-order chi connectivity index (χ0) is 9.80. The fourth-order valence-electron chi connectivity index (χ4n) is 3.16. The SMILES string of the molecule is CNC(C1=CCCCC1)C1CCCC1. The molecule has 1 nitrogen and oxygen atoms in total. The van der Waals surface area contributed by atoms with Gasteiger partial charge in [0.15, 0.2) is 0 Å². The van der Waals surface area contributed by atoms with Gasteiger partial charge in [-0.15, -0.1) is 0 Å². The summed E-state index contributed by atoms with van der Waals surface area (Å²) in [6, 6.07) is 0.706. The van der Waals surface area contributed by atoms with E-state index < -0.39 is 0 Å². The topological polar surface area (TPSA) is 12.0 Å². The molecule has 0 radical (unpaired) electrons. The van der Waals surface area contributed by atoms with Crippen molar-refractivity contribution in [3.8, 4) is 0 Å². The number of likely N-dealkylation sites (N-methyl/N-ethyl adjacent to an activating group) is 1. The maximum atomic E-state index is 3.55. The second-order valence-electron chi connectivity index (χ2n) is 4.84. The van der Waals surface area contributed by atoms with E-state index in [2.05, 4.69) is 18.4 Å². The minimum absolute atomic E-state index is 0.706. The average molecular weight is 193 g/mol. The number of rotatable bonds is 3. The Bertz CT molecular complexity index is 201. The monoisotopic (exact) mass is 193 g/mol. The molecule has 80 valence electrons. The minimum atomic E-state index is 0.706. The van der Waals surface area contributed by atoms with Gasteiger partial charge in [-0.25, -0.2) is 0 Å². The van der Waals surface area contributed by atoms with Gasteiger partial charge in [-0.2, -0.15) is 0 Å². The van der Waals surface area contributed by atoms with Gasteiger partial charge < -0.3 is 5.32 Å². The minimum Gasteiger partial charge on any atom is -0.313 e. The molecule has 0 aromatic carbocycles. The van der Waals surface area contributed by atoms with Crippen LogP contribution in [0.1, 0.15) is 51.4 Å². The van der Waals surface area contributed by atoms with Gasteiger partial charge in [0, 0.05) is 6.04 Å². The van der Waals surface area contributed by atoms with Crippen molar-refractivity contribution in [1.82, 2.24) is 5.32 Å². The molecule has 0 amide bonds. The predicted molar refractivity (Wildman–Crippen MR) is 61.4 cm³/mol. The molecule has 1 fully saturated rings. The molecule has 2 rings (SSSR count). The maximum absolute atomic E-state index is 3.55. The third-order valence-electron chi connectivity index (χ3n) is 3.91. The van der Waals surface area contributed by atoms with Gasteiger partial charge in [0.2, 0.25) is 0 Å². The van der Waals surface area contributed by atoms with Crippen LogP contribution in [0.4, 0.5) is 0 Å². The lowest BCUT2D eigenvalue weighted by atomic mass is 9.85. The highest BCUT2D eigenvalue weighted by Gasteiger charge is 2.26. The summed E-state index contributed by atoms with van der Waals surface area (Å²) in [6.07, 6.45) is 13.8. The number of allylic oxidation sites excluding steroid dienone is 1. The van der Waals surface area contributed by atoms with Gasteiger partial charge in [-0.05, 0) is 51.5 Å². The van der Waals surface area contributed by atoms with E-state index >= 15 is 0 Å². The van der Waals surface area contributed by atoms with Crippen LogP contribution in [0, 0.1) is 5.92 Å². The first-order valence-corrected chi connectivity index (χ1v) is 6.28. The Morgan fingerprint density at radius 3 is 2.57 bits per heavy atom. The molecule has 0 bridgehead atoms. The van der Waals surface area contributed by atoms with Crippen LogP contribution < -0.4 is 5.32 Å². The number of nitrogens with one attached hydrogen (secondary N) is 1. The summed E-state index contributed by atoms with van der Waals surface area (Å²) in [4.78, 5) is 0. The Kier molecular flexibility index (Phi) is 3.63. The van der Waals surface area contributed by atoms with E-state index in [0.29, 0.717) is 6.04 Å². The fourth-order valence-corrected chi connectivity index (χ4v) is 3.16. The summed E-state index contributed by atoms with van der Waals surface area (Å²) >= 11 is 0. The fraction of sp³-hybridized carbons (Fsp3) is 0.846. The Labute approximate surface area is 88.0 Å². The average Bonchev–Trinajstić information content (AvgIpc) is 2.74. The zero-order valence-corrected chi connectivity index (χ0v) is 9.39. The Morgan fingerprint density at radius 1 is 1.21 bits per heavy atom. The molecule has 2 aliphatic carbocycles. The summed E-state index contributed by atoms with van der Waals surface area (Å²) in [5.74, 6) is 0.935. The van der Waals surface area contributed by atoms with Crippen LogP contribution in [0.2, 0.25) is 0 Å². The summed E-state index contributed by atoms with van der Waals surface area (Å²) in [5.41, 5.74) is 1.71. The predicted octanol–water partition coefficient (Wildman–Crippen LogP) is 3.27. The number of hydrogen-bond acceptors (Lipinski definition) is 1. The molecule has 0 aliphatic heterocycles. The Morgan fingerprint density at radius 2 is 2.00 bits per heavy atom. The molecule has 0 heterocycles. The molecular weight excluding hydrogens is 170 g/mol. The van der Waals surface area contributed by atoms with Crippen LogP contribution in [0.3, 0.4) is 0 Å². The molecule has 2 aliphatic rings. The molecule has 0 saturated heterocycles. The zero-order valence-electron chi connectivity index (χ0n) is 9.39. The molecule has 0 aromatic heterocycles. The summed E-state index contributed by atoms with van der Waals surface area (Å²) in [6.45, 7) is 0. The van der Waals surface area contributed by atoms with E-state index in [1.165, 1.54) is 51.4 Å². The maximum Gasteiger partial charge on any atom is 0.0305 e. The van der Waals surface area contributed by atoms with Gasteiger partial charge in [-0.3, -0.25) is 0 Å². The summed E-state index contributed by atoms with van der Waals surface area (Å²) in [5, 5.41) is 3.55. The van der Waals surface area contributed by atoms with Crippen LogP contribution >= 0.6 is 0 Å². The van der Waals surface area contributed by atoms with Crippen LogP contribution in [-0.4, -0.2) is 13.1 Å². The van der Waals surface area contributed by atoms with Crippen molar-refractivity contribution in [2.75, 3.05) is 7.05 Å². The van der Waals surface area contributed by atoms with E-state index in [0.717, 1.165) is 5.92 Å². The second-order valence-corrected chi connectivity index (χ2v) is 4.84. The van der Waals surface area contributed by atoms with Crippen molar-refractivity contribution in [3.05, 3.63) is 11.6 Å². The highest BCUT2D eigenvalue weighted by Crippen LogP contribution is 2.33. The van der Waals surface area contributed by atoms with Crippen LogP contribution in [0.15, 0.2) is 11.6 Å². The normalized spacial score (nSPS) is 26.2. The van der Waals surface area contributed by atoms with Crippen molar-refractivity contribution in [2.45, 2.75) is 57.4 Å². The van der Waals surface area contributed by atoms with Gasteiger partial charge in [0.25, 0.3) is 0 Å². The lowest BCUT2D eigenvalue weighted by molar-refractivity contribution is 0.405. The lowest BCUT2D eigenvalue weighted by Crippen LogP contribution is -2.34. The molecule has 0 aromatic rings. The standard InChI is InChI=1S/C13H23N/c1-14-13(12-9-5-6-10-12)11-7-3-2-4-8-11/h7,12-14H,2-6,8-10H2,1H3. The quantitative estimate of drug-likeness (QED) is 0.678. The first kappa shape index (κ1) is 10.2. The highest BCUT2D eigenvalue weighted by atomic mass is 14.9. The largest absolute Gasteiger partial charge is 0.313 e. The van der Waals surface area contributed by atoms with E-state index in [-0.39, 0.29) is 0 Å². The number of hydrogen-bond donors (Lipinski definition) is 1. The first-order valence-electron chi connectivity index (χ1n) is 6.28. The lowest BCUT2D eigenvalue weighted by Gasteiger charge is -2.28. The molecule has 1 atom stereocenters. The van der Waals surface area contributed by atoms with Crippen LogP contribution in [0.25, 0.3) is 0 Å². The van der Waals surface area contributed by atoms with Gasteiger partial charge in [-0.1, -0.05) is 24.5 Å². The van der Waals surface area contributed by atoms with E-state index in [1.54, 1.807) is 5.57 Å². The summed E-state index contributed by atoms with van der Waals surface area (Å²) in [7, 11) is 2.14. The van der Waals surface area contributed by atoms with Gasteiger partial charge >= 0.3 is 0 Å². The second kappa shape index (κ2) is 4.97. The Hall–Kier alpha value is -0.300. The van der Waals surface area contributed by atoms with Crippen molar-refractivity contribution in [2.24, 2.45) is 5.92 Å². The van der Waals surface area contributed by atoms with Crippen molar-refractivity contribution in [1.29, 1.82) is 0 Å². The van der Waals surface area contributed by atoms with E-state index in [4.69, 9.17) is 0 Å². The third-order valence-corrected chi connectivity index (χ3v) is 3.91. The van der Waals surface area contributed by atoms with Crippen molar-refractivity contribution < 1.29 is 0 Å². The summed E-state index contributed by atoms with van der Waals surface area (Å²) < 4.78 is 0. The molecular formula is C13H23N. The van der Waals surface area contributed by atoms with Gasteiger partial charge in [0.05, 0.1) is 0 Å². The third kappa shape index (κ3) is 2.20. The molecule has 14 heavy (non-hydrogen) atoms. The van der Waals surface area contributed by atoms with Crippen molar-refractivity contribution in [3.63, 3.8) is 0 Å². The molecule has 1 heteroatoms. The van der Waals surface area contributed by atoms with Crippen LogP contribution in [-0.2, 0) is 0 Å². The molecule has 1 saturated carbocycles. The smallest absolute Gasteiger partial charge is 0.0305 e. The van der Waals surface area contributed by atoms with E-state index in [1.807, 2.05) is 0 Å². The van der Waals surface area contributed by atoms with Crippen LogP contribution in [0.5, 0.6) is 0 Å². The Balaban J connectivity index is 1.99. The highest BCUT2D eigenvalue weighted by molar-refractivity contribution is 5.15. The van der Waals surface area contributed by atoms with Crippen molar-refractivity contribution >= 4 is 0 Å². The first-order chi connectivity index (χ1) is 6.92.